The molecule has 8 heteroatoms. The second-order valence-electron chi connectivity index (χ2n) is 5.83. The van der Waals surface area contributed by atoms with Crippen molar-refractivity contribution in [2.75, 3.05) is 12.4 Å². The summed E-state index contributed by atoms with van der Waals surface area (Å²) in [6.45, 7) is 1.95. The molecule has 1 amide bonds. The Hall–Kier alpha value is -2.90. The average Bonchev–Trinajstić information content (AvgIpc) is 3.28. The maximum atomic E-state index is 12.4. The van der Waals surface area contributed by atoms with Crippen molar-refractivity contribution < 1.29 is 9.53 Å². The van der Waals surface area contributed by atoms with Crippen molar-refractivity contribution in [3.05, 3.63) is 63.3 Å². The molecule has 0 saturated carbocycles. The Morgan fingerprint density at radius 1 is 1.15 bits per heavy atom. The topological polar surface area (TPSA) is 68.5 Å². The third kappa shape index (κ3) is 3.39. The Morgan fingerprint density at radius 2 is 1.93 bits per heavy atom. The zero-order valence-electron chi connectivity index (χ0n) is 14.6. The van der Waals surface area contributed by atoms with Gasteiger partial charge in [0, 0.05) is 15.5 Å². The predicted molar refractivity (Wildman–Crippen MR) is 107 cm³/mol. The Balaban J connectivity index is 1.76. The monoisotopic (exact) mass is 398 g/mol. The van der Waals surface area contributed by atoms with Crippen LogP contribution in [0.15, 0.2) is 48.5 Å². The van der Waals surface area contributed by atoms with Crippen molar-refractivity contribution in [3.8, 4) is 17.0 Å². The fourth-order valence-corrected chi connectivity index (χ4v) is 3.60. The Morgan fingerprint density at radius 3 is 2.59 bits per heavy atom. The number of nitrogens with one attached hydrogen (secondary N) is 1. The molecule has 27 heavy (non-hydrogen) atoms. The minimum absolute atomic E-state index is 0.214. The number of amides is 1. The largest absolute Gasteiger partial charge is 0.493 e. The first-order chi connectivity index (χ1) is 13.0. The van der Waals surface area contributed by atoms with E-state index in [1.165, 1.54) is 11.3 Å². The molecule has 1 N–H and O–H groups in total. The van der Waals surface area contributed by atoms with Gasteiger partial charge < -0.3 is 4.74 Å². The van der Waals surface area contributed by atoms with Crippen LogP contribution < -0.4 is 10.1 Å². The van der Waals surface area contributed by atoms with Gasteiger partial charge in [-0.1, -0.05) is 23.7 Å². The van der Waals surface area contributed by atoms with Crippen molar-refractivity contribution in [1.29, 1.82) is 0 Å². The maximum absolute atomic E-state index is 12.4. The molecule has 0 atom stereocenters. The minimum Gasteiger partial charge on any atom is -0.493 e. The van der Waals surface area contributed by atoms with Crippen molar-refractivity contribution in [2.24, 2.45) is 0 Å². The summed E-state index contributed by atoms with van der Waals surface area (Å²) in [6, 6.07) is 14.8. The molecule has 4 rings (SSSR count). The van der Waals surface area contributed by atoms with Crippen LogP contribution in [-0.4, -0.2) is 27.6 Å². The highest BCUT2D eigenvalue weighted by Gasteiger charge is 2.16. The van der Waals surface area contributed by atoms with Gasteiger partial charge in [-0.3, -0.25) is 10.1 Å². The number of methoxy groups -OCH3 is 1. The lowest BCUT2D eigenvalue weighted by atomic mass is 10.1. The van der Waals surface area contributed by atoms with Gasteiger partial charge in [-0.05, 0) is 43.3 Å². The molecular formula is C19H15ClN4O2S. The Bertz CT molecular complexity index is 1130. The van der Waals surface area contributed by atoms with Crippen molar-refractivity contribution in [1.82, 2.24) is 14.6 Å². The molecule has 0 aliphatic rings. The standard InChI is InChI=1S/C19H15ClN4O2S/c1-11-3-10-16(27-11)18(25)22-19-21-17-15(26-2)9-8-14(24(17)23-19)12-4-6-13(20)7-5-12/h3-10H,1-2H3,(H,22,23,25). The molecule has 3 aromatic heterocycles. The molecule has 0 radical (unpaired) electrons. The van der Waals surface area contributed by atoms with E-state index < -0.39 is 0 Å². The van der Waals surface area contributed by atoms with Gasteiger partial charge in [-0.15, -0.1) is 16.4 Å². The molecule has 0 fully saturated rings. The van der Waals surface area contributed by atoms with Crippen molar-refractivity contribution in [3.63, 3.8) is 0 Å². The van der Waals surface area contributed by atoms with Gasteiger partial charge in [0.25, 0.3) is 5.91 Å². The summed E-state index contributed by atoms with van der Waals surface area (Å²) in [6.07, 6.45) is 0. The Kier molecular flexibility index (Phi) is 4.55. The van der Waals surface area contributed by atoms with E-state index in [0.29, 0.717) is 21.3 Å². The number of ether oxygens (including phenoxy) is 1. The van der Waals surface area contributed by atoms with Gasteiger partial charge in [-0.2, -0.15) is 4.98 Å². The number of fused-ring (bicyclic) bond motifs is 1. The van der Waals surface area contributed by atoms with E-state index in [-0.39, 0.29) is 11.9 Å². The Labute approximate surface area is 164 Å². The molecule has 0 unspecified atom stereocenters. The third-order valence-electron chi connectivity index (χ3n) is 4.00. The number of halogens is 1. The summed E-state index contributed by atoms with van der Waals surface area (Å²) < 4.78 is 7.04. The SMILES string of the molecule is COc1ccc(-c2ccc(Cl)cc2)n2nc(NC(=O)c3ccc(C)s3)nc12. The maximum Gasteiger partial charge on any atom is 0.268 e. The van der Waals surface area contributed by atoms with Crippen molar-refractivity contribution in [2.45, 2.75) is 6.92 Å². The predicted octanol–water partition coefficient (Wildman–Crippen LogP) is 4.68. The van der Waals surface area contributed by atoms with Crippen LogP contribution in [0.2, 0.25) is 5.02 Å². The van der Waals surface area contributed by atoms with Gasteiger partial charge in [-0.25, -0.2) is 4.52 Å². The van der Waals surface area contributed by atoms with E-state index in [0.717, 1.165) is 16.1 Å². The number of thiophene rings is 1. The number of carbonyl (C=O) groups excluding carboxylic acids is 1. The third-order valence-corrected chi connectivity index (χ3v) is 5.25. The fraction of sp³-hybridized carbons (Fsp3) is 0.105. The second-order valence-corrected chi connectivity index (χ2v) is 7.55. The van der Waals surface area contributed by atoms with Gasteiger partial charge in [0.05, 0.1) is 17.7 Å². The van der Waals surface area contributed by atoms with Crippen LogP contribution in [0, 0.1) is 6.92 Å². The number of aryl methyl sites for hydroxylation is 1. The molecule has 1 aromatic carbocycles. The quantitative estimate of drug-likeness (QED) is 0.542. The molecule has 3 heterocycles. The highest BCUT2D eigenvalue weighted by molar-refractivity contribution is 7.14. The second kappa shape index (κ2) is 7.02. The van der Waals surface area contributed by atoms with Crippen LogP contribution in [0.1, 0.15) is 14.5 Å². The number of hydrogen-bond acceptors (Lipinski definition) is 5. The van der Waals surface area contributed by atoms with Gasteiger partial charge >= 0.3 is 0 Å². The summed E-state index contributed by atoms with van der Waals surface area (Å²) in [5.74, 6) is 0.537. The summed E-state index contributed by atoms with van der Waals surface area (Å²) >= 11 is 7.40. The van der Waals surface area contributed by atoms with E-state index in [9.17, 15) is 4.79 Å². The number of carbonyl (C=O) groups is 1. The summed E-state index contributed by atoms with van der Waals surface area (Å²) in [5.41, 5.74) is 2.24. The van der Waals surface area contributed by atoms with E-state index >= 15 is 0 Å². The molecule has 136 valence electrons. The number of nitrogens with zero attached hydrogens (tertiary/aromatic N) is 3. The molecule has 6 nitrogen and oxygen atoms in total. The molecule has 0 aliphatic heterocycles. The zero-order chi connectivity index (χ0) is 19.0. The first-order valence-electron chi connectivity index (χ1n) is 8.12. The van der Waals surface area contributed by atoms with E-state index in [2.05, 4.69) is 15.4 Å². The number of benzene rings is 1. The number of aromatic nitrogens is 3. The lowest BCUT2D eigenvalue weighted by Gasteiger charge is -2.07. The lowest BCUT2D eigenvalue weighted by Crippen LogP contribution is -2.11. The number of hydrogen-bond donors (Lipinski definition) is 1. The molecular weight excluding hydrogens is 384 g/mol. The van der Waals surface area contributed by atoms with Crippen LogP contribution in [0.4, 0.5) is 5.95 Å². The smallest absolute Gasteiger partial charge is 0.268 e. The van der Waals surface area contributed by atoms with Crippen LogP contribution in [-0.2, 0) is 0 Å². The number of rotatable bonds is 4. The minimum atomic E-state index is -0.240. The zero-order valence-corrected chi connectivity index (χ0v) is 16.1. The number of pyridine rings is 1. The molecule has 0 spiro atoms. The molecule has 0 saturated heterocycles. The van der Waals surface area contributed by atoms with Gasteiger partial charge in [0.1, 0.15) is 0 Å². The summed E-state index contributed by atoms with van der Waals surface area (Å²) in [5, 5.41) is 7.86. The summed E-state index contributed by atoms with van der Waals surface area (Å²) in [7, 11) is 1.57. The van der Waals surface area contributed by atoms with E-state index in [1.807, 2.05) is 49.4 Å². The summed E-state index contributed by atoms with van der Waals surface area (Å²) in [4.78, 5) is 18.5. The highest BCUT2D eigenvalue weighted by Crippen LogP contribution is 2.28. The fourth-order valence-electron chi connectivity index (χ4n) is 2.71. The average molecular weight is 399 g/mol. The molecule has 0 aliphatic carbocycles. The molecule has 0 bridgehead atoms. The van der Waals surface area contributed by atoms with Gasteiger partial charge in [0.2, 0.25) is 5.95 Å². The normalized spacial score (nSPS) is 10.9. The van der Waals surface area contributed by atoms with Crippen LogP contribution in [0.25, 0.3) is 16.9 Å². The van der Waals surface area contributed by atoms with Crippen molar-refractivity contribution >= 4 is 40.4 Å². The van der Waals surface area contributed by atoms with Crippen LogP contribution >= 0.6 is 22.9 Å². The van der Waals surface area contributed by atoms with E-state index in [1.54, 1.807) is 17.7 Å². The highest BCUT2D eigenvalue weighted by atomic mass is 35.5. The molecule has 4 aromatic rings. The van der Waals surface area contributed by atoms with Gasteiger partial charge in [0.15, 0.2) is 11.4 Å². The number of anilines is 1. The van der Waals surface area contributed by atoms with Crippen LogP contribution in [0.3, 0.4) is 0 Å². The lowest BCUT2D eigenvalue weighted by molar-refractivity contribution is 0.102. The van der Waals surface area contributed by atoms with E-state index in [4.69, 9.17) is 16.3 Å². The first kappa shape index (κ1) is 17.5. The van der Waals surface area contributed by atoms with Crippen LogP contribution in [0.5, 0.6) is 5.75 Å². The first-order valence-corrected chi connectivity index (χ1v) is 9.32.